The van der Waals surface area contributed by atoms with Crippen LogP contribution in [-0.2, 0) is 31.7 Å². The highest BCUT2D eigenvalue weighted by molar-refractivity contribution is 5.82. The predicted octanol–water partition coefficient (Wildman–Crippen LogP) is 3.70. The number of ketones is 1. The molecule has 0 atom stereocenters. The molecule has 0 aliphatic carbocycles. The first-order chi connectivity index (χ1) is 20.5. The fourth-order valence-corrected chi connectivity index (χ4v) is 4.22. The van der Waals surface area contributed by atoms with Crippen LogP contribution in [0.3, 0.4) is 0 Å². The lowest BCUT2D eigenvalue weighted by molar-refractivity contribution is -0.117. The molecular weight excluding hydrogens is 532 g/mol. The van der Waals surface area contributed by atoms with Crippen LogP contribution in [0.2, 0.25) is 0 Å². The van der Waals surface area contributed by atoms with E-state index in [0.29, 0.717) is 23.3 Å². The lowest BCUT2D eigenvalue weighted by Gasteiger charge is -2.07. The van der Waals surface area contributed by atoms with E-state index in [1.807, 2.05) is 62.9 Å². The molecule has 0 aliphatic heterocycles. The molecule has 0 aromatic carbocycles. The molecule has 0 spiro atoms. The SMILES string of the molecule is Cn1cc(Nc2nccc(-c3ccc(CC(=O)Cc4ccc(-c5ccnc(Nc6cnn(C)c6)n5)cn4)nc3)n2)cn1. The summed E-state index contributed by atoms with van der Waals surface area (Å²) in [6, 6.07) is 11.1. The Morgan fingerprint density at radius 3 is 1.50 bits per heavy atom. The van der Waals surface area contributed by atoms with E-state index in [1.54, 1.807) is 46.5 Å². The van der Waals surface area contributed by atoms with Crippen molar-refractivity contribution < 1.29 is 4.79 Å². The van der Waals surface area contributed by atoms with Crippen molar-refractivity contribution in [3.63, 3.8) is 0 Å². The van der Waals surface area contributed by atoms with E-state index in [4.69, 9.17) is 0 Å². The van der Waals surface area contributed by atoms with Crippen molar-refractivity contribution in [3.05, 3.63) is 97.4 Å². The van der Waals surface area contributed by atoms with Gasteiger partial charge in [0.25, 0.3) is 0 Å². The molecular formula is C29H26N12O. The minimum Gasteiger partial charge on any atom is -0.321 e. The monoisotopic (exact) mass is 558 g/mol. The first-order valence-corrected chi connectivity index (χ1v) is 13.1. The lowest BCUT2D eigenvalue weighted by atomic mass is 10.1. The maximum atomic E-state index is 12.8. The zero-order valence-corrected chi connectivity index (χ0v) is 22.9. The van der Waals surface area contributed by atoms with Gasteiger partial charge in [0.2, 0.25) is 11.9 Å². The largest absolute Gasteiger partial charge is 0.321 e. The number of nitrogens with one attached hydrogen (secondary N) is 2. The summed E-state index contributed by atoms with van der Waals surface area (Å²) in [5, 5.41) is 14.5. The zero-order valence-electron chi connectivity index (χ0n) is 22.9. The van der Waals surface area contributed by atoms with Crippen molar-refractivity contribution in [2.45, 2.75) is 12.8 Å². The maximum Gasteiger partial charge on any atom is 0.227 e. The van der Waals surface area contributed by atoms with Gasteiger partial charge in [0.15, 0.2) is 0 Å². The summed E-state index contributed by atoms with van der Waals surface area (Å²) >= 11 is 0. The molecule has 6 aromatic rings. The van der Waals surface area contributed by atoms with Gasteiger partial charge in [0.1, 0.15) is 5.78 Å². The number of hydrogen-bond donors (Lipinski definition) is 2. The van der Waals surface area contributed by atoms with Crippen molar-refractivity contribution in [2.75, 3.05) is 10.6 Å². The Hall–Kier alpha value is -5.85. The van der Waals surface area contributed by atoms with Gasteiger partial charge in [-0.05, 0) is 36.4 Å². The number of nitrogens with zero attached hydrogens (tertiary/aromatic N) is 10. The fourth-order valence-electron chi connectivity index (χ4n) is 4.22. The van der Waals surface area contributed by atoms with Crippen LogP contribution in [0.15, 0.2) is 86.0 Å². The van der Waals surface area contributed by atoms with Crippen LogP contribution in [0.5, 0.6) is 0 Å². The molecule has 6 aromatic heterocycles. The Bertz CT molecular complexity index is 1690. The Balaban J connectivity index is 1.05. The number of aryl methyl sites for hydroxylation is 2. The van der Waals surface area contributed by atoms with E-state index in [2.05, 4.69) is 50.7 Å². The van der Waals surface area contributed by atoms with E-state index in [9.17, 15) is 4.79 Å². The Morgan fingerprint density at radius 2 is 1.12 bits per heavy atom. The molecule has 0 radical (unpaired) electrons. The third kappa shape index (κ3) is 6.47. The number of hydrogen-bond acceptors (Lipinski definition) is 11. The normalized spacial score (nSPS) is 10.9. The molecule has 2 N–H and O–H groups in total. The summed E-state index contributed by atoms with van der Waals surface area (Å²) in [4.78, 5) is 39.4. The van der Waals surface area contributed by atoms with Gasteiger partial charge < -0.3 is 10.6 Å². The molecule has 13 heteroatoms. The van der Waals surface area contributed by atoms with Gasteiger partial charge in [0.05, 0.1) is 35.2 Å². The third-order valence-corrected chi connectivity index (χ3v) is 6.23. The van der Waals surface area contributed by atoms with E-state index in [-0.39, 0.29) is 18.6 Å². The van der Waals surface area contributed by atoms with E-state index < -0.39 is 0 Å². The first-order valence-electron chi connectivity index (χ1n) is 13.1. The fraction of sp³-hybridized carbons (Fsp3) is 0.138. The number of pyridine rings is 2. The second-order valence-corrected chi connectivity index (χ2v) is 9.55. The molecule has 0 fully saturated rings. The van der Waals surface area contributed by atoms with Crippen LogP contribution < -0.4 is 10.6 Å². The van der Waals surface area contributed by atoms with Crippen molar-refractivity contribution in [3.8, 4) is 22.5 Å². The summed E-state index contributed by atoms with van der Waals surface area (Å²) in [5.41, 5.74) is 6.03. The van der Waals surface area contributed by atoms with Gasteiger partial charge in [-0.1, -0.05) is 0 Å². The molecule has 42 heavy (non-hydrogen) atoms. The van der Waals surface area contributed by atoms with Crippen molar-refractivity contribution in [2.24, 2.45) is 14.1 Å². The smallest absolute Gasteiger partial charge is 0.227 e. The quantitative estimate of drug-likeness (QED) is 0.253. The van der Waals surface area contributed by atoms with Gasteiger partial charge in [0, 0.05) is 86.6 Å². The number of carbonyl (C=O) groups is 1. The number of anilines is 4. The molecule has 0 aliphatic rings. The maximum absolute atomic E-state index is 12.8. The summed E-state index contributed by atoms with van der Waals surface area (Å²) in [7, 11) is 3.68. The molecule has 13 nitrogen and oxygen atoms in total. The van der Waals surface area contributed by atoms with Crippen molar-refractivity contribution >= 4 is 29.1 Å². The molecule has 6 heterocycles. The zero-order chi connectivity index (χ0) is 28.9. The molecule has 6 rings (SSSR count). The molecule has 0 amide bonds. The van der Waals surface area contributed by atoms with Crippen molar-refractivity contribution in [1.29, 1.82) is 0 Å². The average molecular weight is 559 g/mol. The highest BCUT2D eigenvalue weighted by atomic mass is 16.1. The minimum absolute atomic E-state index is 0.0190. The van der Waals surface area contributed by atoms with Gasteiger partial charge >= 0.3 is 0 Å². The predicted molar refractivity (Wildman–Crippen MR) is 156 cm³/mol. The summed E-state index contributed by atoms with van der Waals surface area (Å²) in [5.74, 6) is 0.935. The highest BCUT2D eigenvalue weighted by Gasteiger charge is 2.11. The summed E-state index contributed by atoms with van der Waals surface area (Å²) in [6.45, 7) is 0. The summed E-state index contributed by atoms with van der Waals surface area (Å²) in [6.07, 6.45) is 14.3. The Labute approximate surface area is 240 Å². The van der Waals surface area contributed by atoms with Crippen molar-refractivity contribution in [1.82, 2.24) is 49.5 Å². The highest BCUT2D eigenvalue weighted by Crippen LogP contribution is 2.21. The van der Waals surface area contributed by atoms with Crippen LogP contribution in [0.1, 0.15) is 11.4 Å². The van der Waals surface area contributed by atoms with E-state index >= 15 is 0 Å². The topological polar surface area (TPSA) is 154 Å². The summed E-state index contributed by atoms with van der Waals surface area (Å²) < 4.78 is 3.39. The molecule has 0 saturated carbocycles. The van der Waals surface area contributed by atoms with Crippen LogP contribution in [-0.4, -0.2) is 55.2 Å². The second-order valence-electron chi connectivity index (χ2n) is 9.55. The number of carbonyl (C=O) groups excluding carboxylic acids is 1. The van der Waals surface area contributed by atoms with Gasteiger partial charge in [-0.15, -0.1) is 0 Å². The van der Waals surface area contributed by atoms with Gasteiger partial charge in [-0.3, -0.25) is 24.1 Å². The lowest BCUT2D eigenvalue weighted by Crippen LogP contribution is -2.09. The number of aromatic nitrogens is 10. The standard InChI is InChI=1S/C29H26N12O/c1-40-17-23(15-34-40)36-28-30-9-7-26(38-28)19-3-5-21(32-13-19)11-25(42)12-22-6-4-20(14-33-22)27-8-10-31-29(39-27)37-24-16-35-41(2)18-24/h3-10,13-18H,11-12H2,1-2H3,(H,30,36,38)(H,31,37,39). The number of rotatable bonds is 10. The molecule has 0 bridgehead atoms. The molecule has 208 valence electrons. The second kappa shape index (κ2) is 11.7. The Morgan fingerprint density at radius 1 is 0.643 bits per heavy atom. The van der Waals surface area contributed by atoms with Crippen LogP contribution in [0.25, 0.3) is 22.5 Å². The van der Waals surface area contributed by atoms with E-state index in [0.717, 1.165) is 33.9 Å². The molecule has 0 unspecified atom stereocenters. The average Bonchev–Trinajstić information content (AvgIpc) is 3.60. The van der Waals surface area contributed by atoms with E-state index in [1.165, 1.54) is 0 Å². The minimum atomic E-state index is 0.0190. The first kappa shape index (κ1) is 26.4. The molecule has 0 saturated heterocycles. The Kier molecular flexibility index (Phi) is 7.36. The third-order valence-electron chi connectivity index (χ3n) is 6.23. The number of Topliss-reactive ketones (excluding diaryl/α,β-unsaturated/α-hetero) is 1. The van der Waals surface area contributed by atoms with Crippen LogP contribution >= 0.6 is 0 Å². The van der Waals surface area contributed by atoms with Crippen LogP contribution in [0.4, 0.5) is 23.3 Å². The van der Waals surface area contributed by atoms with Crippen LogP contribution in [0, 0.1) is 0 Å². The van der Waals surface area contributed by atoms with Gasteiger partial charge in [-0.2, -0.15) is 10.2 Å². The van der Waals surface area contributed by atoms with Gasteiger partial charge in [-0.25, -0.2) is 19.9 Å².